The van der Waals surface area contributed by atoms with Crippen LogP contribution in [0.25, 0.3) is 0 Å². The summed E-state index contributed by atoms with van der Waals surface area (Å²) in [5.74, 6) is 1.66. The fraction of sp³-hybridized carbons (Fsp3) is 0.300. The third-order valence-corrected chi connectivity index (χ3v) is 1.37. The predicted molar refractivity (Wildman–Crippen MR) is 51.3 cm³/mol. The van der Waals surface area contributed by atoms with Crippen molar-refractivity contribution in [1.29, 1.82) is 21.2 Å². The number of hydrogen-bond acceptors (Lipinski definition) is 5. The number of nitrogens with zero attached hydrogens (tertiary/aromatic N) is 3. The average Bonchev–Trinajstić information content (AvgIpc) is 2.28. The molecule has 0 atom stereocenters. The Labute approximate surface area is 87.6 Å². The molecule has 5 nitrogen and oxygen atoms in total. The second kappa shape index (κ2) is 6.92. The molecular formula is C10H8N4O. The van der Waals surface area contributed by atoms with Gasteiger partial charge in [-0.25, -0.2) is 0 Å². The zero-order chi connectivity index (χ0) is 11.7. The molecule has 0 saturated heterocycles. The summed E-state index contributed by atoms with van der Waals surface area (Å²) in [5, 5.41) is 32.7. The Hall–Kier alpha value is -2.54. The minimum Gasteiger partial charge on any atom is -0.489 e. The molecule has 0 aliphatic rings. The van der Waals surface area contributed by atoms with E-state index in [0.717, 1.165) is 0 Å². The minimum atomic E-state index is -0.320. The molecular weight excluding hydrogens is 192 g/mol. The number of nitriles is 3. The fourth-order valence-corrected chi connectivity index (χ4v) is 0.735. The van der Waals surface area contributed by atoms with Crippen molar-refractivity contribution < 1.29 is 4.74 Å². The summed E-state index contributed by atoms with van der Waals surface area (Å²) < 4.78 is 5.07. The van der Waals surface area contributed by atoms with Crippen molar-refractivity contribution in [3.05, 3.63) is 16.9 Å². The lowest BCUT2D eigenvalue weighted by Crippen LogP contribution is -2.00. The summed E-state index contributed by atoms with van der Waals surface area (Å²) in [7, 11) is 0. The quantitative estimate of drug-likeness (QED) is 0.320. The number of allylic oxidation sites excluding steroid dienone is 2. The third-order valence-electron chi connectivity index (χ3n) is 1.37. The van der Waals surface area contributed by atoms with Gasteiger partial charge in [-0.2, -0.15) is 15.8 Å². The van der Waals surface area contributed by atoms with Crippen molar-refractivity contribution in [2.24, 2.45) is 0 Å². The topological polar surface area (TPSA) is 104 Å². The number of hydrogen-bond donors (Lipinski definition) is 1. The van der Waals surface area contributed by atoms with E-state index in [-0.39, 0.29) is 23.5 Å². The zero-order valence-corrected chi connectivity index (χ0v) is 8.16. The first-order valence-electron chi connectivity index (χ1n) is 4.12. The second-order valence-corrected chi connectivity index (χ2v) is 2.39. The summed E-state index contributed by atoms with van der Waals surface area (Å²) in [6, 6.07) is 4.86. The van der Waals surface area contributed by atoms with Crippen LogP contribution in [0.2, 0.25) is 0 Å². The zero-order valence-electron chi connectivity index (χ0n) is 8.16. The van der Waals surface area contributed by atoms with Crippen LogP contribution in [0.5, 0.6) is 0 Å². The van der Waals surface area contributed by atoms with Crippen LogP contribution in [0.3, 0.4) is 0 Å². The Balaban J connectivity index is 5.38. The molecule has 0 aromatic carbocycles. The van der Waals surface area contributed by atoms with Crippen LogP contribution in [0.15, 0.2) is 16.9 Å². The first-order chi connectivity index (χ1) is 7.24. The highest BCUT2D eigenvalue weighted by molar-refractivity contribution is 5.69. The number of nitrogens with one attached hydrogen (secondary N) is 1. The van der Waals surface area contributed by atoms with Gasteiger partial charge >= 0.3 is 0 Å². The molecule has 0 amide bonds. The molecule has 5 heteroatoms. The van der Waals surface area contributed by atoms with E-state index in [1.807, 2.05) is 12.8 Å². The van der Waals surface area contributed by atoms with E-state index in [1.165, 1.54) is 0 Å². The van der Waals surface area contributed by atoms with E-state index in [9.17, 15) is 0 Å². The smallest absolute Gasteiger partial charge is 0.174 e. The van der Waals surface area contributed by atoms with E-state index in [4.69, 9.17) is 25.9 Å². The Morgan fingerprint density at radius 3 is 2.13 bits per heavy atom. The van der Waals surface area contributed by atoms with Crippen LogP contribution < -0.4 is 0 Å². The average molecular weight is 200 g/mol. The molecule has 0 aromatic rings. The Morgan fingerprint density at radius 2 is 1.80 bits per heavy atom. The van der Waals surface area contributed by atoms with Crippen molar-refractivity contribution in [1.82, 2.24) is 0 Å². The highest BCUT2D eigenvalue weighted by atomic mass is 16.5. The van der Waals surface area contributed by atoms with Crippen molar-refractivity contribution in [2.75, 3.05) is 6.61 Å². The molecule has 0 aromatic heterocycles. The maximum atomic E-state index is 8.63. The van der Waals surface area contributed by atoms with Gasteiger partial charge in [-0.05, 0) is 6.42 Å². The van der Waals surface area contributed by atoms with E-state index < -0.39 is 0 Å². The lowest BCUT2D eigenvalue weighted by Gasteiger charge is -2.05. The summed E-state index contributed by atoms with van der Waals surface area (Å²) >= 11 is 0. The molecule has 74 valence electrons. The molecule has 0 rings (SSSR count). The van der Waals surface area contributed by atoms with Crippen LogP contribution in [0, 0.1) is 39.4 Å². The van der Waals surface area contributed by atoms with Crippen LogP contribution in [0.4, 0.5) is 0 Å². The minimum absolute atomic E-state index is 0.167. The molecule has 0 fully saturated rings. The highest BCUT2D eigenvalue weighted by Crippen LogP contribution is 2.13. The molecule has 1 N–H and O–H groups in total. The Kier molecular flexibility index (Phi) is 5.75. The molecule has 0 radical (unpaired) electrons. The molecule has 15 heavy (non-hydrogen) atoms. The molecule has 0 saturated carbocycles. The normalized spacial score (nSPS) is 7.33. The first-order valence-corrected chi connectivity index (χ1v) is 4.12. The summed E-state index contributed by atoms with van der Waals surface area (Å²) in [6.45, 7) is 2.12. The summed E-state index contributed by atoms with van der Waals surface area (Å²) in [4.78, 5) is 0. The first kappa shape index (κ1) is 12.5. The Bertz CT molecular complexity index is 420. The van der Waals surface area contributed by atoms with Gasteiger partial charge in [0.25, 0.3) is 0 Å². The molecule has 0 heterocycles. The van der Waals surface area contributed by atoms with Gasteiger partial charge in [0.05, 0.1) is 6.61 Å². The van der Waals surface area contributed by atoms with Crippen molar-refractivity contribution in [2.45, 2.75) is 13.3 Å². The van der Waals surface area contributed by atoms with Gasteiger partial charge < -0.3 is 4.74 Å². The van der Waals surface area contributed by atoms with Gasteiger partial charge in [0.2, 0.25) is 0 Å². The SMILES string of the molecule is CCCOC(C(=C=N)C#N)=C(C#N)C#N. The van der Waals surface area contributed by atoms with Crippen molar-refractivity contribution >= 4 is 5.87 Å². The van der Waals surface area contributed by atoms with Gasteiger partial charge in [0.15, 0.2) is 16.9 Å². The summed E-state index contributed by atoms with van der Waals surface area (Å²) in [5.41, 5.74) is -0.568. The van der Waals surface area contributed by atoms with Crippen LogP contribution in [-0.4, -0.2) is 12.5 Å². The molecule has 0 aliphatic heterocycles. The molecule has 0 bridgehead atoms. The predicted octanol–water partition coefficient (Wildman–Crippen LogP) is 1.41. The molecule has 0 spiro atoms. The van der Waals surface area contributed by atoms with Gasteiger partial charge in [0.1, 0.15) is 18.2 Å². The van der Waals surface area contributed by atoms with E-state index in [1.54, 1.807) is 18.2 Å². The fourth-order valence-electron chi connectivity index (χ4n) is 0.735. The number of ether oxygens (including phenoxy) is 1. The van der Waals surface area contributed by atoms with E-state index >= 15 is 0 Å². The van der Waals surface area contributed by atoms with Crippen LogP contribution >= 0.6 is 0 Å². The Morgan fingerprint density at radius 1 is 1.20 bits per heavy atom. The van der Waals surface area contributed by atoms with E-state index in [2.05, 4.69) is 0 Å². The third kappa shape index (κ3) is 3.36. The molecule has 0 unspecified atom stereocenters. The van der Waals surface area contributed by atoms with Crippen molar-refractivity contribution in [3.63, 3.8) is 0 Å². The van der Waals surface area contributed by atoms with Gasteiger partial charge in [-0.3, -0.25) is 5.41 Å². The standard InChI is InChI=1S/C10H8N4O/c1-2-3-15-10(8(4-11)5-12)9(6-13)7-14/h11H,2-3H2,1H3. The lowest BCUT2D eigenvalue weighted by molar-refractivity contribution is 0.221. The van der Waals surface area contributed by atoms with Gasteiger partial charge in [0, 0.05) is 5.87 Å². The van der Waals surface area contributed by atoms with Gasteiger partial charge in [-0.15, -0.1) is 0 Å². The van der Waals surface area contributed by atoms with Crippen molar-refractivity contribution in [3.8, 4) is 18.2 Å². The van der Waals surface area contributed by atoms with Crippen LogP contribution in [0.1, 0.15) is 13.3 Å². The largest absolute Gasteiger partial charge is 0.489 e. The molecule has 0 aliphatic carbocycles. The highest BCUT2D eigenvalue weighted by Gasteiger charge is 2.13. The lowest BCUT2D eigenvalue weighted by atomic mass is 10.1. The maximum Gasteiger partial charge on any atom is 0.174 e. The second-order valence-electron chi connectivity index (χ2n) is 2.39. The number of rotatable bonds is 4. The van der Waals surface area contributed by atoms with Gasteiger partial charge in [-0.1, -0.05) is 6.92 Å². The maximum absolute atomic E-state index is 8.63. The summed E-state index contributed by atoms with van der Waals surface area (Å²) in [6.07, 6.45) is 0.671. The van der Waals surface area contributed by atoms with Crippen LogP contribution in [-0.2, 0) is 4.74 Å². The monoisotopic (exact) mass is 200 g/mol. The van der Waals surface area contributed by atoms with E-state index in [0.29, 0.717) is 6.42 Å².